The van der Waals surface area contributed by atoms with Gasteiger partial charge in [-0.3, -0.25) is 4.79 Å². The molecule has 3 aromatic carbocycles. The molecule has 1 fully saturated rings. The second-order valence-corrected chi connectivity index (χ2v) is 8.99. The van der Waals surface area contributed by atoms with Gasteiger partial charge in [0.2, 0.25) is 5.91 Å². The summed E-state index contributed by atoms with van der Waals surface area (Å²) in [6.45, 7) is 6.47. The zero-order valence-corrected chi connectivity index (χ0v) is 20.2. The van der Waals surface area contributed by atoms with E-state index >= 15 is 0 Å². The van der Waals surface area contributed by atoms with Gasteiger partial charge in [-0.15, -0.1) is 0 Å². The Balaban J connectivity index is 1.32. The number of carboxylic acid groups (broad SMARTS) is 1. The van der Waals surface area contributed by atoms with Crippen molar-refractivity contribution in [2.45, 2.75) is 32.2 Å². The van der Waals surface area contributed by atoms with Gasteiger partial charge in [0.1, 0.15) is 0 Å². The van der Waals surface area contributed by atoms with Crippen LogP contribution >= 0.6 is 0 Å². The molecule has 1 atom stereocenters. The maximum Gasteiger partial charge on any atom is 0.335 e. The summed E-state index contributed by atoms with van der Waals surface area (Å²) >= 11 is 0. The smallest absolute Gasteiger partial charge is 0.335 e. The van der Waals surface area contributed by atoms with E-state index in [9.17, 15) is 14.4 Å². The molecule has 0 bridgehead atoms. The van der Waals surface area contributed by atoms with Gasteiger partial charge in [0.05, 0.1) is 5.56 Å². The van der Waals surface area contributed by atoms with Crippen LogP contribution in [0.5, 0.6) is 0 Å². The quantitative estimate of drug-likeness (QED) is 0.378. The number of benzene rings is 3. The zero-order valence-electron chi connectivity index (χ0n) is 20.2. The molecular weight excluding hydrogens is 454 g/mol. The Kier molecular flexibility index (Phi) is 7.49. The van der Waals surface area contributed by atoms with Crippen LogP contribution < -0.4 is 10.6 Å². The molecule has 7 nitrogen and oxygen atoms in total. The number of amides is 3. The SMILES string of the molecule is C=C(C)c1ccc(NC(=O)N2CCC[C@@H]2CC(=O)Nc2ccc(-c3ccc(C(=O)O)cc3)cc2)cc1. The summed E-state index contributed by atoms with van der Waals surface area (Å²) in [6.07, 6.45) is 1.86. The predicted molar refractivity (Wildman–Crippen MR) is 142 cm³/mol. The Morgan fingerprint density at radius 2 is 1.39 bits per heavy atom. The Labute approximate surface area is 210 Å². The zero-order chi connectivity index (χ0) is 25.7. The lowest BCUT2D eigenvalue weighted by molar-refractivity contribution is -0.117. The van der Waals surface area contributed by atoms with Gasteiger partial charge in [-0.2, -0.15) is 0 Å². The third-order valence-electron chi connectivity index (χ3n) is 6.32. The first kappa shape index (κ1) is 24.7. The van der Waals surface area contributed by atoms with Crippen LogP contribution in [0.4, 0.5) is 16.2 Å². The van der Waals surface area contributed by atoms with Crippen molar-refractivity contribution in [3.05, 3.63) is 90.5 Å². The molecule has 3 N–H and O–H groups in total. The summed E-state index contributed by atoms with van der Waals surface area (Å²) in [5.41, 5.74) is 5.39. The molecule has 0 spiro atoms. The van der Waals surface area contributed by atoms with Crippen molar-refractivity contribution in [1.82, 2.24) is 4.90 Å². The lowest BCUT2D eigenvalue weighted by atomic mass is 10.0. The molecule has 0 unspecified atom stereocenters. The highest BCUT2D eigenvalue weighted by Crippen LogP contribution is 2.25. The number of hydrogen-bond donors (Lipinski definition) is 3. The third kappa shape index (κ3) is 5.99. The number of urea groups is 1. The molecule has 1 heterocycles. The van der Waals surface area contributed by atoms with Crippen LogP contribution in [-0.2, 0) is 4.79 Å². The summed E-state index contributed by atoms with van der Waals surface area (Å²) in [7, 11) is 0. The van der Waals surface area contributed by atoms with Crippen LogP contribution in [0.15, 0.2) is 79.4 Å². The lowest BCUT2D eigenvalue weighted by Gasteiger charge is -2.24. The van der Waals surface area contributed by atoms with Crippen molar-refractivity contribution in [3.8, 4) is 11.1 Å². The molecule has 184 valence electrons. The van der Waals surface area contributed by atoms with Crippen LogP contribution in [0.3, 0.4) is 0 Å². The standard InChI is InChI=1S/C29H29N3O4/c1-19(2)20-9-13-25(14-10-20)31-29(36)32-17-3-4-26(32)18-27(33)30-24-15-11-22(12-16-24)21-5-7-23(8-6-21)28(34)35/h5-16,26H,1,3-4,17-18H2,2H3,(H,30,33)(H,31,36)(H,34,35)/t26-/m1/s1. The van der Waals surface area contributed by atoms with Crippen molar-refractivity contribution in [1.29, 1.82) is 0 Å². The fourth-order valence-corrected chi connectivity index (χ4v) is 4.33. The van der Waals surface area contributed by atoms with E-state index in [1.165, 1.54) is 0 Å². The Bertz CT molecular complexity index is 1270. The van der Waals surface area contributed by atoms with Gasteiger partial charge in [-0.25, -0.2) is 9.59 Å². The van der Waals surface area contributed by atoms with Gasteiger partial charge >= 0.3 is 12.0 Å². The van der Waals surface area contributed by atoms with Gasteiger partial charge < -0.3 is 20.6 Å². The normalized spacial score (nSPS) is 14.8. The highest BCUT2D eigenvalue weighted by atomic mass is 16.4. The molecule has 3 amide bonds. The van der Waals surface area contributed by atoms with Crippen LogP contribution in [-0.4, -0.2) is 40.5 Å². The lowest BCUT2D eigenvalue weighted by Crippen LogP contribution is -2.40. The second-order valence-electron chi connectivity index (χ2n) is 8.99. The van der Waals surface area contributed by atoms with Crippen molar-refractivity contribution < 1.29 is 19.5 Å². The summed E-state index contributed by atoms with van der Waals surface area (Å²) in [5.74, 6) is -1.11. The van der Waals surface area contributed by atoms with Gasteiger partial charge in [0.25, 0.3) is 0 Å². The molecule has 0 aliphatic carbocycles. The second kappa shape index (κ2) is 10.9. The molecule has 1 aliphatic heterocycles. The number of rotatable bonds is 7. The number of aromatic carboxylic acids is 1. The highest BCUT2D eigenvalue weighted by molar-refractivity contribution is 5.93. The van der Waals surface area contributed by atoms with E-state index < -0.39 is 5.97 Å². The summed E-state index contributed by atoms with van der Waals surface area (Å²) in [5, 5.41) is 14.9. The largest absolute Gasteiger partial charge is 0.478 e. The monoisotopic (exact) mass is 483 g/mol. The highest BCUT2D eigenvalue weighted by Gasteiger charge is 2.30. The molecule has 0 aromatic heterocycles. The third-order valence-corrected chi connectivity index (χ3v) is 6.32. The van der Waals surface area contributed by atoms with E-state index in [2.05, 4.69) is 17.2 Å². The molecule has 4 rings (SSSR count). The maximum absolute atomic E-state index is 12.8. The van der Waals surface area contributed by atoms with Crippen molar-refractivity contribution in [3.63, 3.8) is 0 Å². The molecule has 7 heteroatoms. The minimum Gasteiger partial charge on any atom is -0.478 e. The number of likely N-dealkylation sites (tertiary alicyclic amines) is 1. The molecule has 0 radical (unpaired) electrons. The van der Waals surface area contributed by atoms with Crippen LogP contribution in [0.2, 0.25) is 0 Å². The first-order valence-corrected chi connectivity index (χ1v) is 11.9. The fourth-order valence-electron chi connectivity index (χ4n) is 4.33. The number of nitrogens with zero attached hydrogens (tertiary/aromatic N) is 1. The maximum atomic E-state index is 12.8. The number of nitrogens with one attached hydrogen (secondary N) is 2. The number of allylic oxidation sites excluding steroid dienone is 1. The van der Waals surface area contributed by atoms with E-state index in [1.807, 2.05) is 55.5 Å². The summed E-state index contributed by atoms with van der Waals surface area (Å²) in [6, 6.07) is 21.2. The Hall–Kier alpha value is -4.39. The molecule has 1 saturated heterocycles. The average molecular weight is 484 g/mol. The number of carboxylic acids is 1. The van der Waals surface area contributed by atoms with Crippen LogP contribution in [0, 0.1) is 0 Å². The van der Waals surface area contributed by atoms with Crippen LogP contribution in [0.25, 0.3) is 16.7 Å². The first-order chi connectivity index (χ1) is 17.3. The number of carbonyl (C=O) groups excluding carboxylic acids is 2. The topological polar surface area (TPSA) is 98.7 Å². The number of anilines is 2. The Morgan fingerprint density at radius 3 is 1.97 bits per heavy atom. The molecule has 3 aromatic rings. The molecule has 36 heavy (non-hydrogen) atoms. The molecule has 0 saturated carbocycles. The molecule has 1 aliphatic rings. The van der Waals surface area contributed by atoms with Crippen molar-refractivity contribution in [2.24, 2.45) is 0 Å². The van der Waals surface area contributed by atoms with E-state index in [4.69, 9.17) is 5.11 Å². The fraction of sp³-hybridized carbons (Fsp3) is 0.207. The minimum atomic E-state index is -0.963. The van der Waals surface area contributed by atoms with Gasteiger partial charge in [0.15, 0.2) is 0 Å². The van der Waals surface area contributed by atoms with E-state index in [0.29, 0.717) is 17.9 Å². The average Bonchev–Trinajstić information content (AvgIpc) is 3.33. The molecular formula is C29H29N3O4. The van der Waals surface area contributed by atoms with E-state index in [0.717, 1.165) is 35.1 Å². The van der Waals surface area contributed by atoms with Crippen molar-refractivity contribution in [2.75, 3.05) is 17.2 Å². The summed E-state index contributed by atoms with van der Waals surface area (Å²) in [4.78, 5) is 38.3. The van der Waals surface area contributed by atoms with Gasteiger partial charge in [-0.1, -0.05) is 48.6 Å². The Morgan fingerprint density at radius 1 is 0.861 bits per heavy atom. The van der Waals surface area contributed by atoms with Crippen molar-refractivity contribution >= 4 is 34.9 Å². The van der Waals surface area contributed by atoms with Crippen LogP contribution in [0.1, 0.15) is 42.1 Å². The van der Waals surface area contributed by atoms with E-state index in [1.54, 1.807) is 29.2 Å². The minimum absolute atomic E-state index is 0.149. The van der Waals surface area contributed by atoms with Gasteiger partial charge in [0, 0.05) is 30.4 Å². The predicted octanol–water partition coefficient (Wildman–Crippen LogP) is 6.11. The first-order valence-electron chi connectivity index (χ1n) is 11.9. The summed E-state index contributed by atoms with van der Waals surface area (Å²) < 4.78 is 0. The van der Waals surface area contributed by atoms with E-state index in [-0.39, 0.29) is 30.0 Å². The number of hydrogen-bond acceptors (Lipinski definition) is 3. The number of carbonyl (C=O) groups is 3. The van der Waals surface area contributed by atoms with Gasteiger partial charge in [-0.05, 0) is 72.9 Å².